The summed E-state index contributed by atoms with van der Waals surface area (Å²) in [6, 6.07) is 0. The fourth-order valence-corrected chi connectivity index (χ4v) is 11.2. The maximum Gasteiger partial charge on any atom is 0.397 e. The SMILES string of the molecule is CC(C)C[C@@H]1O[C@H]1[C@@H](C)[C@H]1CC[C@H]2[C@@H]3C[C@H](OS(=O)(=O)O)[C@H]4C[C@@H](O[C@@H]5O[C@H](C(=O)O)[C@@H](O)[C@H](O)[C@H]5O)CC[C@]4(C)C3=CC[C@]12C. The second-order valence-electron chi connectivity index (χ2n) is 16.0. The summed E-state index contributed by atoms with van der Waals surface area (Å²) in [6.45, 7) is 11.3. The Kier molecular flexibility index (Phi) is 9.29. The van der Waals surface area contributed by atoms with E-state index in [0.29, 0.717) is 55.5 Å². The summed E-state index contributed by atoms with van der Waals surface area (Å²) in [5.74, 6) is 0.0843. The molecule has 6 aliphatic rings. The number of carbonyl (C=O) groups is 1. The molecule has 0 aromatic rings. The van der Waals surface area contributed by atoms with Gasteiger partial charge in [-0.1, -0.05) is 46.3 Å². The second kappa shape index (κ2) is 12.3. The van der Waals surface area contributed by atoms with Crippen LogP contribution in [0.2, 0.25) is 0 Å². The molecule has 0 unspecified atom stereocenters. The highest BCUT2D eigenvalue weighted by molar-refractivity contribution is 7.80. The summed E-state index contributed by atoms with van der Waals surface area (Å²) >= 11 is 0. The van der Waals surface area contributed by atoms with Gasteiger partial charge in [0.25, 0.3) is 0 Å². The molecule has 0 radical (unpaired) electrons. The van der Waals surface area contributed by atoms with Crippen molar-refractivity contribution in [3.05, 3.63) is 11.6 Å². The molecule has 2 saturated heterocycles. The van der Waals surface area contributed by atoms with E-state index in [1.165, 1.54) is 5.57 Å². The molecule has 16 atom stereocenters. The lowest BCUT2D eigenvalue weighted by atomic mass is 9.47. The lowest BCUT2D eigenvalue weighted by molar-refractivity contribution is -0.309. The van der Waals surface area contributed by atoms with E-state index in [2.05, 4.69) is 40.7 Å². The van der Waals surface area contributed by atoms with Crippen molar-refractivity contribution in [2.45, 2.75) is 141 Å². The van der Waals surface area contributed by atoms with E-state index in [1.54, 1.807) is 0 Å². The van der Waals surface area contributed by atoms with Crippen molar-refractivity contribution < 1.29 is 56.6 Å². The van der Waals surface area contributed by atoms with E-state index in [1.807, 2.05) is 0 Å². The van der Waals surface area contributed by atoms with Crippen molar-refractivity contribution in [2.75, 3.05) is 0 Å². The van der Waals surface area contributed by atoms with Crippen molar-refractivity contribution in [1.29, 1.82) is 0 Å². The third-order valence-corrected chi connectivity index (χ3v) is 13.4. The largest absolute Gasteiger partial charge is 0.479 e. The fourth-order valence-electron chi connectivity index (χ4n) is 10.7. The zero-order valence-electron chi connectivity index (χ0n) is 27.4. The van der Waals surface area contributed by atoms with Crippen LogP contribution in [0.3, 0.4) is 0 Å². The van der Waals surface area contributed by atoms with Crippen LogP contribution in [-0.4, -0.2) is 94.5 Å². The Bertz CT molecular complexity index is 1300. The van der Waals surface area contributed by atoms with Gasteiger partial charge in [-0.25, -0.2) is 8.98 Å². The Hall–Kier alpha value is -1.16. The number of carboxylic acids is 1. The molecule has 12 nitrogen and oxygen atoms in total. The van der Waals surface area contributed by atoms with Crippen LogP contribution in [0.4, 0.5) is 0 Å². The number of allylic oxidation sites excluding steroid dienone is 2. The number of rotatable bonds is 9. The first kappa shape index (κ1) is 34.7. The van der Waals surface area contributed by atoms with Gasteiger partial charge in [0, 0.05) is 0 Å². The first-order valence-electron chi connectivity index (χ1n) is 17.0. The molecule has 0 aromatic heterocycles. The highest BCUT2D eigenvalue weighted by Gasteiger charge is 2.62. The fraction of sp³-hybridized carbons (Fsp3) is 0.909. The average Bonchev–Trinajstić information content (AvgIpc) is 3.62. The molecule has 0 bridgehead atoms. The smallest absolute Gasteiger partial charge is 0.397 e. The van der Waals surface area contributed by atoms with E-state index < -0.39 is 64.7 Å². The summed E-state index contributed by atoms with van der Waals surface area (Å²) in [4.78, 5) is 11.6. The molecule has 0 aromatic carbocycles. The quantitative estimate of drug-likeness (QED) is 0.104. The molecule has 2 heterocycles. The number of aliphatic hydroxyl groups excluding tert-OH is 3. The van der Waals surface area contributed by atoms with Gasteiger partial charge in [0.15, 0.2) is 12.4 Å². The number of carboxylic acid groups (broad SMARTS) is 1. The molecule has 5 N–H and O–H groups in total. The average molecular weight is 673 g/mol. The van der Waals surface area contributed by atoms with Crippen LogP contribution >= 0.6 is 0 Å². The van der Waals surface area contributed by atoms with Gasteiger partial charge < -0.3 is 34.6 Å². The van der Waals surface area contributed by atoms with Gasteiger partial charge in [0.1, 0.15) is 18.3 Å². The normalized spacial score (nSPS) is 49.4. The number of epoxide rings is 1. The standard InChI is InChI=1S/C33H52O12S/c1-15(2)12-24-28(43-24)16(3)19-6-7-20-18-14-23(45-46(39,40)41)22-13-17(8-10-33(22,5)21(18)9-11-32(19,20)4)42-31-27(36)25(34)26(35)29(44-31)30(37)38/h9,15-20,22-29,31,34-36H,6-8,10-14H2,1-5H3,(H,37,38)(H,39,40,41)/t16-,17-,18-,19+,20-,22+,23-,24-,25-,26-,27+,28-,29-,31+,32+,33+/m0/s1. The van der Waals surface area contributed by atoms with Gasteiger partial charge in [-0.05, 0) is 97.7 Å². The van der Waals surface area contributed by atoms with Gasteiger partial charge in [0.2, 0.25) is 0 Å². The van der Waals surface area contributed by atoms with Crippen molar-refractivity contribution >= 4 is 16.4 Å². The molecule has 0 spiro atoms. The summed E-state index contributed by atoms with van der Waals surface area (Å²) in [5.41, 5.74) is 0.922. The number of hydrogen-bond acceptors (Lipinski definition) is 10. The van der Waals surface area contributed by atoms with Crippen LogP contribution in [0.1, 0.15) is 86.0 Å². The number of ether oxygens (including phenoxy) is 3. The van der Waals surface area contributed by atoms with E-state index in [9.17, 15) is 38.2 Å². The third kappa shape index (κ3) is 6.10. The van der Waals surface area contributed by atoms with E-state index in [-0.39, 0.29) is 23.4 Å². The summed E-state index contributed by atoms with van der Waals surface area (Å²) in [6.07, 6.45) is -0.965. The van der Waals surface area contributed by atoms with E-state index in [4.69, 9.17) is 18.4 Å². The Morgan fingerprint density at radius 2 is 1.74 bits per heavy atom. The predicted octanol–water partition coefficient (Wildman–Crippen LogP) is 3.09. The molecule has 4 aliphatic carbocycles. The van der Waals surface area contributed by atoms with Gasteiger partial charge in [0.05, 0.1) is 24.4 Å². The van der Waals surface area contributed by atoms with Gasteiger partial charge in [-0.3, -0.25) is 4.55 Å². The Labute approximate surface area is 271 Å². The molecule has 2 aliphatic heterocycles. The number of fused-ring (bicyclic) bond motifs is 5. The van der Waals surface area contributed by atoms with E-state index in [0.717, 1.165) is 25.7 Å². The van der Waals surface area contributed by atoms with Crippen LogP contribution in [0.15, 0.2) is 11.6 Å². The number of aliphatic hydroxyl groups is 3. The summed E-state index contributed by atoms with van der Waals surface area (Å²) in [5, 5.41) is 40.3. The minimum atomic E-state index is -4.77. The first-order chi connectivity index (χ1) is 21.4. The van der Waals surface area contributed by atoms with Crippen LogP contribution < -0.4 is 0 Å². The zero-order valence-corrected chi connectivity index (χ0v) is 28.2. The molecule has 0 amide bonds. The third-order valence-electron chi connectivity index (χ3n) is 12.9. The lowest BCUT2D eigenvalue weighted by Crippen LogP contribution is -2.61. The molecule has 262 valence electrons. The molecule has 13 heteroatoms. The Morgan fingerprint density at radius 1 is 1.02 bits per heavy atom. The Morgan fingerprint density at radius 3 is 2.39 bits per heavy atom. The van der Waals surface area contributed by atoms with Crippen LogP contribution in [0.5, 0.6) is 0 Å². The van der Waals surface area contributed by atoms with E-state index >= 15 is 0 Å². The molecular weight excluding hydrogens is 620 g/mol. The summed E-state index contributed by atoms with van der Waals surface area (Å²) < 4.78 is 57.3. The van der Waals surface area contributed by atoms with Crippen molar-refractivity contribution in [3.8, 4) is 0 Å². The van der Waals surface area contributed by atoms with Crippen molar-refractivity contribution in [2.24, 2.45) is 46.3 Å². The van der Waals surface area contributed by atoms with Crippen LogP contribution in [0.25, 0.3) is 0 Å². The molecular formula is C33H52O12S. The highest BCUT2D eigenvalue weighted by Crippen LogP contribution is 2.67. The van der Waals surface area contributed by atoms with Gasteiger partial charge in [-0.2, -0.15) is 8.42 Å². The van der Waals surface area contributed by atoms with Gasteiger partial charge >= 0.3 is 16.4 Å². The minimum Gasteiger partial charge on any atom is -0.479 e. The zero-order chi connectivity index (χ0) is 33.5. The number of aliphatic carboxylic acids is 1. The molecule has 46 heavy (non-hydrogen) atoms. The summed E-state index contributed by atoms with van der Waals surface area (Å²) in [7, 11) is -4.77. The second-order valence-corrected chi connectivity index (χ2v) is 17.0. The lowest BCUT2D eigenvalue weighted by Gasteiger charge is -2.59. The van der Waals surface area contributed by atoms with Crippen LogP contribution in [-0.2, 0) is 33.6 Å². The minimum absolute atomic E-state index is 0.0363. The maximum absolute atomic E-state index is 12.2. The topological polar surface area (TPSA) is 193 Å². The predicted molar refractivity (Wildman–Crippen MR) is 163 cm³/mol. The number of hydrogen-bond donors (Lipinski definition) is 5. The monoisotopic (exact) mass is 672 g/mol. The highest BCUT2D eigenvalue weighted by atomic mass is 32.3. The molecule has 5 fully saturated rings. The van der Waals surface area contributed by atoms with Crippen molar-refractivity contribution in [1.82, 2.24) is 0 Å². The van der Waals surface area contributed by atoms with Gasteiger partial charge in [-0.15, -0.1) is 0 Å². The maximum atomic E-state index is 12.2. The molecule has 3 saturated carbocycles. The first-order valence-corrected chi connectivity index (χ1v) is 18.4. The van der Waals surface area contributed by atoms with Crippen molar-refractivity contribution in [3.63, 3.8) is 0 Å². The van der Waals surface area contributed by atoms with Crippen LogP contribution in [0, 0.1) is 46.3 Å². The molecule has 6 rings (SSSR count). The Balaban J connectivity index is 1.23.